The number of carboxylic acid groups (broad SMARTS) is 1. The molecule has 0 radical (unpaired) electrons. The van der Waals surface area contributed by atoms with Crippen molar-refractivity contribution in [1.82, 2.24) is 0 Å². The summed E-state index contributed by atoms with van der Waals surface area (Å²) in [6.07, 6.45) is 0. The van der Waals surface area contributed by atoms with Crippen LogP contribution in [0.3, 0.4) is 0 Å². The molecule has 0 saturated heterocycles. The zero-order valence-electron chi connectivity index (χ0n) is 10.6. The summed E-state index contributed by atoms with van der Waals surface area (Å²) in [7, 11) is 0. The number of aromatic carboxylic acids is 1. The van der Waals surface area contributed by atoms with Crippen LogP contribution in [0.15, 0.2) is 36.4 Å². The number of halogens is 2. The molecule has 2 aromatic rings. The Morgan fingerprint density at radius 1 is 1.10 bits per heavy atom. The van der Waals surface area contributed by atoms with E-state index in [2.05, 4.69) is 5.32 Å². The first-order valence-corrected chi connectivity index (χ1v) is 5.78. The molecule has 5 nitrogen and oxygen atoms in total. The standard InChI is InChI=1S/C14H10F2N2O3/c15-8-2-1-3-9(16)12(8)13(19)18-11-5-4-7(14(20)21)6-10(11)17/h1-6H,17H2,(H,18,19)(H,20,21). The van der Waals surface area contributed by atoms with Crippen molar-refractivity contribution in [2.45, 2.75) is 0 Å². The highest BCUT2D eigenvalue weighted by Crippen LogP contribution is 2.22. The molecule has 2 rings (SSSR count). The van der Waals surface area contributed by atoms with Crippen LogP contribution in [0, 0.1) is 11.6 Å². The number of carbonyl (C=O) groups excluding carboxylic acids is 1. The number of anilines is 2. The zero-order valence-corrected chi connectivity index (χ0v) is 10.6. The lowest BCUT2D eigenvalue weighted by atomic mass is 10.1. The third kappa shape index (κ3) is 2.97. The van der Waals surface area contributed by atoms with E-state index < -0.39 is 29.1 Å². The Bertz CT molecular complexity index is 712. The van der Waals surface area contributed by atoms with Crippen LogP contribution in [0.2, 0.25) is 0 Å². The van der Waals surface area contributed by atoms with E-state index in [4.69, 9.17) is 10.8 Å². The summed E-state index contributed by atoms with van der Waals surface area (Å²) in [6.45, 7) is 0. The summed E-state index contributed by atoms with van der Waals surface area (Å²) in [5, 5.41) is 11.0. The molecule has 0 saturated carbocycles. The van der Waals surface area contributed by atoms with E-state index in [9.17, 15) is 18.4 Å². The summed E-state index contributed by atoms with van der Waals surface area (Å²) in [5.74, 6) is -4.21. The molecular weight excluding hydrogens is 282 g/mol. The number of carboxylic acids is 1. The van der Waals surface area contributed by atoms with Crippen LogP contribution in [0.4, 0.5) is 20.2 Å². The Labute approximate surface area is 118 Å². The maximum absolute atomic E-state index is 13.5. The van der Waals surface area contributed by atoms with Gasteiger partial charge in [0.1, 0.15) is 17.2 Å². The van der Waals surface area contributed by atoms with E-state index in [1.807, 2.05) is 0 Å². The van der Waals surface area contributed by atoms with Crippen molar-refractivity contribution in [3.05, 3.63) is 59.2 Å². The number of hydrogen-bond acceptors (Lipinski definition) is 3. The summed E-state index contributed by atoms with van der Waals surface area (Å²) < 4.78 is 26.9. The van der Waals surface area contributed by atoms with Gasteiger partial charge >= 0.3 is 5.97 Å². The summed E-state index contributed by atoms with van der Waals surface area (Å²) in [5.41, 5.74) is 4.83. The van der Waals surface area contributed by atoms with E-state index in [0.29, 0.717) is 0 Å². The van der Waals surface area contributed by atoms with Gasteiger partial charge < -0.3 is 16.2 Å². The summed E-state index contributed by atoms with van der Waals surface area (Å²) in [6, 6.07) is 6.64. The van der Waals surface area contributed by atoms with Gasteiger partial charge in [-0.1, -0.05) is 6.07 Å². The lowest BCUT2D eigenvalue weighted by Crippen LogP contribution is -2.17. The molecule has 0 aliphatic heterocycles. The summed E-state index contributed by atoms with van der Waals surface area (Å²) >= 11 is 0. The molecule has 2 aromatic carbocycles. The van der Waals surface area contributed by atoms with Gasteiger partial charge in [0.25, 0.3) is 5.91 Å². The van der Waals surface area contributed by atoms with Gasteiger partial charge in [-0.15, -0.1) is 0 Å². The van der Waals surface area contributed by atoms with E-state index in [-0.39, 0.29) is 16.9 Å². The average molecular weight is 292 g/mol. The molecule has 4 N–H and O–H groups in total. The van der Waals surface area contributed by atoms with Gasteiger partial charge in [-0.2, -0.15) is 0 Å². The molecule has 0 fully saturated rings. The van der Waals surface area contributed by atoms with Crippen molar-refractivity contribution in [1.29, 1.82) is 0 Å². The quantitative estimate of drug-likeness (QED) is 0.758. The molecule has 0 aliphatic carbocycles. The molecule has 0 aliphatic rings. The SMILES string of the molecule is Nc1cc(C(=O)O)ccc1NC(=O)c1c(F)cccc1F. The molecule has 7 heteroatoms. The largest absolute Gasteiger partial charge is 0.478 e. The first-order chi connectivity index (χ1) is 9.90. The highest BCUT2D eigenvalue weighted by atomic mass is 19.1. The molecule has 0 bridgehead atoms. The van der Waals surface area contributed by atoms with Crippen molar-refractivity contribution >= 4 is 23.3 Å². The van der Waals surface area contributed by atoms with Crippen LogP contribution in [0.1, 0.15) is 20.7 Å². The second-order valence-corrected chi connectivity index (χ2v) is 4.16. The molecule has 0 spiro atoms. The highest BCUT2D eigenvalue weighted by molar-refractivity contribution is 6.06. The Morgan fingerprint density at radius 3 is 2.24 bits per heavy atom. The smallest absolute Gasteiger partial charge is 0.335 e. The maximum atomic E-state index is 13.5. The Morgan fingerprint density at radius 2 is 1.71 bits per heavy atom. The van der Waals surface area contributed by atoms with Crippen molar-refractivity contribution in [2.75, 3.05) is 11.1 Å². The number of nitrogen functional groups attached to an aromatic ring is 1. The van der Waals surface area contributed by atoms with Crippen molar-refractivity contribution in [3.63, 3.8) is 0 Å². The second-order valence-electron chi connectivity index (χ2n) is 4.16. The minimum atomic E-state index is -1.18. The van der Waals surface area contributed by atoms with Crippen molar-refractivity contribution in [3.8, 4) is 0 Å². The maximum Gasteiger partial charge on any atom is 0.335 e. The fraction of sp³-hybridized carbons (Fsp3) is 0. The number of carbonyl (C=O) groups is 2. The Hall–Kier alpha value is -2.96. The van der Waals surface area contributed by atoms with Crippen molar-refractivity contribution in [2.24, 2.45) is 0 Å². The lowest BCUT2D eigenvalue weighted by molar-refractivity contribution is 0.0696. The number of nitrogens with two attached hydrogens (primary N) is 1. The molecule has 0 atom stereocenters. The molecule has 21 heavy (non-hydrogen) atoms. The minimum Gasteiger partial charge on any atom is -0.478 e. The third-order valence-electron chi connectivity index (χ3n) is 2.74. The van der Waals surface area contributed by atoms with Crippen LogP contribution in [-0.2, 0) is 0 Å². The van der Waals surface area contributed by atoms with Crippen LogP contribution >= 0.6 is 0 Å². The van der Waals surface area contributed by atoms with E-state index in [1.165, 1.54) is 12.1 Å². The first kappa shape index (κ1) is 14.4. The molecule has 0 aromatic heterocycles. The molecule has 1 amide bonds. The van der Waals surface area contributed by atoms with Crippen LogP contribution in [0.5, 0.6) is 0 Å². The fourth-order valence-corrected chi connectivity index (χ4v) is 1.71. The van der Waals surface area contributed by atoms with Crippen LogP contribution < -0.4 is 11.1 Å². The summed E-state index contributed by atoms with van der Waals surface area (Å²) in [4.78, 5) is 22.6. The number of benzene rings is 2. The van der Waals surface area contributed by atoms with Gasteiger partial charge in [-0.05, 0) is 30.3 Å². The highest BCUT2D eigenvalue weighted by Gasteiger charge is 2.18. The number of amides is 1. The normalized spacial score (nSPS) is 10.2. The lowest BCUT2D eigenvalue weighted by Gasteiger charge is -2.10. The third-order valence-corrected chi connectivity index (χ3v) is 2.74. The molecular formula is C14H10F2N2O3. The zero-order chi connectivity index (χ0) is 15.6. The average Bonchev–Trinajstić information content (AvgIpc) is 2.40. The topological polar surface area (TPSA) is 92.4 Å². The Balaban J connectivity index is 2.30. The monoisotopic (exact) mass is 292 g/mol. The molecule has 0 unspecified atom stereocenters. The fourth-order valence-electron chi connectivity index (χ4n) is 1.71. The molecule has 0 heterocycles. The van der Waals surface area contributed by atoms with E-state index in [1.54, 1.807) is 0 Å². The number of nitrogens with one attached hydrogen (secondary N) is 1. The van der Waals surface area contributed by atoms with Gasteiger partial charge in [0, 0.05) is 0 Å². The minimum absolute atomic E-state index is 0.0278. The van der Waals surface area contributed by atoms with Crippen LogP contribution in [0.25, 0.3) is 0 Å². The van der Waals surface area contributed by atoms with Gasteiger partial charge in [-0.3, -0.25) is 4.79 Å². The van der Waals surface area contributed by atoms with E-state index >= 15 is 0 Å². The van der Waals surface area contributed by atoms with E-state index in [0.717, 1.165) is 24.3 Å². The number of rotatable bonds is 3. The van der Waals surface area contributed by atoms with Gasteiger partial charge in [-0.25, -0.2) is 13.6 Å². The first-order valence-electron chi connectivity index (χ1n) is 5.78. The van der Waals surface area contributed by atoms with Crippen LogP contribution in [-0.4, -0.2) is 17.0 Å². The van der Waals surface area contributed by atoms with Gasteiger partial charge in [0.2, 0.25) is 0 Å². The molecule has 108 valence electrons. The predicted octanol–water partition coefficient (Wildman–Crippen LogP) is 2.50. The second kappa shape index (κ2) is 5.58. The number of hydrogen-bond donors (Lipinski definition) is 3. The van der Waals surface area contributed by atoms with Gasteiger partial charge in [0.05, 0.1) is 16.9 Å². The van der Waals surface area contributed by atoms with Crippen molar-refractivity contribution < 1.29 is 23.5 Å². The predicted molar refractivity (Wildman–Crippen MR) is 72.1 cm³/mol. The van der Waals surface area contributed by atoms with Gasteiger partial charge in [0.15, 0.2) is 0 Å². The Kier molecular flexibility index (Phi) is 3.84.